The van der Waals surface area contributed by atoms with Crippen molar-refractivity contribution in [1.29, 1.82) is 0 Å². The molecular weight excluding hydrogens is 212 g/mol. The molecule has 1 fully saturated rings. The first-order chi connectivity index (χ1) is 8.28. The molecule has 1 aliphatic rings. The number of rotatable bonds is 2. The highest BCUT2D eigenvalue weighted by molar-refractivity contribution is 5.76. The highest BCUT2D eigenvalue weighted by Gasteiger charge is 2.27. The lowest BCUT2D eigenvalue weighted by Crippen LogP contribution is -2.50. The molecule has 0 bridgehead atoms. The average Bonchev–Trinajstić information content (AvgIpc) is 2.28. The molecule has 0 aliphatic carbocycles. The maximum atomic E-state index is 5.64. The summed E-state index contributed by atoms with van der Waals surface area (Å²) in [4.78, 5) is 11.5. The zero-order valence-corrected chi connectivity index (χ0v) is 9.93. The molecule has 0 amide bonds. The van der Waals surface area contributed by atoms with Gasteiger partial charge >= 0.3 is 0 Å². The fourth-order valence-electron chi connectivity index (χ4n) is 2.27. The molecule has 0 spiro atoms. The minimum Gasteiger partial charge on any atom is -0.354 e. The summed E-state index contributed by atoms with van der Waals surface area (Å²) >= 11 is 0. The van der Waals surface area contributed by atoms with E-state index in [9.17, 15) is 0 Å². The Kier molecular flexibility index (Phi) is 2.44. The molecule has 0 atom stereocenters. The molecule has 88 valence electrons. The van der Waals surface area contributed by atoms with Crippen LogP contribution in [-0.2, 0) is 0 Å². The summed E-state index contributed by atoms with van der Waals surface area (Å²) in [6.07, 6.45) is 0. The van der Waals surface area contributed by atoms with E-state index in [1.165, 1.54) is 0 Å². The van der Waals surface area contributed by atoms with Crippen LogP contribution >= 0.6 is 0 Å². The number of hydrogen-bond donors (Lipinski definition) is 1. The standard InChI is InChI=1S/C13H16N4/c1-9-13(17-7-10(6-14)8-17)16-12-5-3-2-4-11(12)15-9/h2-5,10H,6-8,14H2,1H3. The van der Waals surface area contributed by atoms with Crippen molar-refractivity contribution < 1.29 is 0 Å². The SMILES string of the molecule is Cc1nc2ccccc2nc1N1CC(CN)C1. The molecule has 17 heavy (non-hydrogen) atoms. The van der Waals surface area contributed by atoms with Crippen molar-refractivity contribution in [3.63, 3.8) is 0 Å². The number of fused-ring (bicyclic) bond motifs is 1. The largest absolute Gasteiger partial charge is 0.354 e. The summed E-state index contributed by atoms with van der Waals surface area (Å²) in [5.74, 6) is 1.62. The van der Waals surface area contributed by atoms with Crippen LogP contribution in [0.25, 0.3) is 11.0 Å². The number of nitrogens with two attached hydrogens (primary N) is 1. The van der Waals surface area contributed by atoms with E-state index in [4.69, 9.17) is 5.73 Å². The van der Waals surface area contributed by atoms with Gasteiger partial charge in [-0.2, -0.15) is 0 Å². The van der Waals surface area contributed by atoms with Gasteiger partial charge in [-0.1, -0.05) is 12.1 Å². The third-order valence-electron chi connectivity index (χ3n) is 3.31. The second-order valence-electron chi connectivity index (χ2n) is 4.63. The van der Waals surface area contributed by atoms with Crippen LogP contribution in [-0.4, -0.2) is 29.6 Å². The molecular formula is C13H16N4. The fraction of sp³-hybridized carbons (Fsp3) is 0.385. The second kappa shape index (κ2) is 3.96. The maximum Gasteiger partial charge on any atom is 0.150 e. The average molecular weight is 228 g/mol. The smallest absolute Gasteiger partial charge is 0.150 e. The van der Waals surface area contributed by atoms with Gasteiger partial charge in [0, 0.05) is 19.0 Å². The Morgan fingerprint density at radius 1 is 1.24 bits per heavy atom. The minimum atomic E-state index is 0.614. The van der Waals surface area contributed by atoms with Crippen molar-refractivity contribution >= 4 is 16.9 Å². The molecule has 4 heteroatoms. The van der Waals surface area contributed by atoms with Crippen LogP contribution in [0.5, 0.6) is 0 Å². The molecule has 1 aromatic heterocycles. The quantitative estimate of drug-likeness (QED) is 0.842. The van der Waals surface area contributed by atoms with Gasteiger partial charge in [0.05, 0.1) is 16.7 Å². The number of para-hydroxylation sites is 2. The molecule has 1 aliphatic heterocycles. The van der Waals surface area contributed by atoms with Gasteiger partial charge in [0.2, 0.25) is 0 Å². The first kappa shape index (κ1) is 10.5. The van der Waals surface area contributed by atoms with Crippen LogP contribution in [0.2, 0.25) is 0 Å². The van der Waals surface area contributed by atoms with E-state index in [1.54, 1.807) is 0 Å². The monoisotopic (exact) mass is 228 g/mol. The van der Waals surface area contributed by atoms with Gasteiger partial charge in [-0.15, -0.1) is 0 Å². The van der Waals surface area contributed by atoms with Crippen molar-refractivity contribution in [2.24, 2.45) is 11.7 Å². The number of anilines is 1. The first-order valence-corrected chi connectivity index (χ1v) is 5.96. The van der Waals surface area contributed by atoms with Gasteiger partial charge in [0.25, 0.3) is 0 Å². The summed E-state index contributed by atoms with van der Waals surface area (Å²) in [6.45, 7) is 4.79. The molecule has 2 heterocycles. The highest BCUT2D eigenvalue weighted by Crippen LogP contribution is 2.26. The molecule has 1 saturated heterocycles. The number of benzene rings is 1. The van der Waals surface area contributed by atoms with E-state index in [2.05, 4.69) is 14.9 Å². The van der Waals surface area contributed by atoms with Gasteiger partial charge in [-0.25, -0.2) is 9.97 Å². The Labute approximate surface area is 100 Å². The van der Waals surface area contributed by atoms with Crippen LogP contribution < -0.4 is 10.6 Å². The third kappa shape index (κ3) is 1.74. The molecule has 1 aromatic carbocycles. The van der Waals surface area contributed by atoms with Crippen LogP contribution in [0.3, 0.4) is 0 Å². The zero-order valence-electron chi connectivity index (χ0n) is 9.93. The van der Waals surface area contributed by atoms with E-state index in [0.717, 1.165) is 42.2 Å². The van der Waals surface area contributed by atoms with Crippen molar-refractivity contribution in [3.05, 3.63) is 30.0 Å². The molecule has 2 N–H and O–H groups in total. The lowest BCUT2D eigenvalue weighted by molar-refractivity contribution is 0.416. The first-order valence-electron chi connectivity index (χ1n) is 5.96. The Morgan fingerprint density at radius 3 is 2.53 bits per heavy atom. The lowest BCUT2D eigenvalue weighted by atomic mass is 10.0. The molecule has 0 unspecified atom stereocenters. The fourth-order valence-corrected chi connectivity index (χ4v) is 2.27. The van der Waals surface area contributed by atoms with E-state index in [1.807, 2.05) is 31.2 Å². The normalized spacial score (nSPS) is 16.2. The Hall–Kier alpha value is -1.68. The van der Waals surface area contributed by atoms with Crippen LogP contribution in [0.15, 0.2) is 24.3 Å². The van der Waals surface area contributed by atoms with Gasteiger partial charge in [-0.05, 0) is 25.6 Å². The number of aryl methyl sites for hydroxylation is 1. The summed E-state index contributed by atoms with van der Waals surface area (Å²) in [5.41, 5.74) is 8.56. The number of nitrogens with zero attached hydrogens (tertiary/aromatic N) is 3. The van der Waals surface area contributed by atoms with Crippen molar-refractivity contribution in [1.82, 2.24) is 9.97 Å². The molecule has 2 aromatic rings. The van der Waals surface area contributed by atoms with Crippen LogP contribution in [0, 0.1) is 12.8 Å². The summed E-state index contributed by atoms with van der Waals surface area (Å²) < 4.78 is 0. The zero-order chi connectivity index (χ0) is 11.8. The topological polar surface area (TPSA) is 55.0 Å². The Morgan fingerprint density at radius 2 is 1.88 bits per heavy atom. The predicted molar refractivity (Wildman–Crippen MR) is 69.0 cm³/mol. The van der Waals surface area contributed by atoms with E-state index in [0.29, 0.717) is 5.92 Å². The Bertz CT molecular complexity index is 546. The number of hydrogen-bond acceptors (Lipinski definition) is 4. The summed E-state index contributed by atoms with van der Waals surface area (Å²) in [5, 5.41) is 0. The van der Waals surface area contributed by atoms with Crippen molar-refractivity contribution in [2.75, 3.05) is 24.5 Å². The summed E-state index contributed by atoms with van der Waals surface area (Å²) in [7, 11) is 0. The van der Waals surface area contributed by atoms with Gasteiger partial charge in [0.1, 0.15) is 0 Å². The van der Waals surface area contributed by atoms with Crippen molar-refractivity contribution in [2.45, 2.75) is 6.92 Å². The maximum absolute atomic E-state index is 5.64. The van der Waals surface area contributed by atoms with E-state index >= 15 is 0 Å². The third-order valence-corrected chi connectivity index (χ3v) is 3.31. The molecule has 0 radical (unpaired) electrons. The van der Waals surface area contributed by atoms with Gasteiger partial charge in [0.15, 0.2) is 5.82 Å². The molecule has 3 rings (SSSR count). The predicted octanol–water partition coefficient (Wildman–Crippen LogP) is 1.33. The highest BCUT2D eigenvalue weighted by atomic mass is 15.3. The van der Waals surface area contributed by atoms with Crippen LogP contribution in [0.4, 0.5) is 5.82 Å². The van der Waals surface area contributed by atoms with Gasteiger partial charge in [-0.3, -0.25) is 0 Å². The van der Waals surface area contributed by atoms with E-state index in [-0.39, 0.29) is 0 Å². The molecule has 0 saturated carbocycles. The Balaban J connectivity index is 1.97. The number of aromatic nitrogens is 2. The second-order valence-corrected chi connectivity index (χ2v) is 4.63. The lowest BCUT2D eigenvalue weighted by Gasteiger charge is -2.40. The van der Waals surface area contributed by atoms with Crippen LogP contribution in [0.1, 0.15) is 5.69 Å². The van der Waals surface area contributed by atoms with Gasteiger partial charge < -0.3 is 10.6 Å². The van der Waals surface area contributed by atoms with E-state index < -0.39 is 0 Å². The summed E-state index contributed by atoms with van der Waals surface area (Å²) in [6, 6.07) is 7.99. The minimum absolute atomic E-state index is 0.614. The molecule has 4 nitrogen and oxygen atoms in total. The van der Waals surface area contributed by atoms with Crippen molar-refractivity contribution in [3.8, 4) is 0 Å².